The quantitative estimate of drug-likeness (QED) is 0.832. The van der Waals surface area contributed by atoms with Crippen molar-refractivity contribution in [1.82, 2.24) is 10.2 Å². The van der Waals surface area contributed by atoms with Crippen molar-refractivity contribution in [2.75, 3.05) is 41.5 Å². The molecule has 0 saturated carbocycles. The fourth-order valence-corrected chi connectivity index (χ4v) is 2.86. The molecule has 21 heavy (non-hydrogen) atoms. The van der Waals surface area contributed by atoms with Crippen molar-refractivity contribution in [3.8, 4) is 17.2 Å². The second-order valence-corrected chi connectivity index (χ2v) is 5.50. The molecule has 1 aliphatic rings. The van der Waals surface area contributed by atoms with Gasteiger partial charge in [-0.3, -0.25) is 0 Å². The molecule has 118 valence electrons. The third kappa shape index (κ3) is 4.02. The van der Waals surface area contributed by atoms with Gasteiger partial charge in [0.05, 0.1) is 26.9 Å². The van der Waals surface area contributed by atoms with Crippen LogP contribution in [0, 0.1) is 0 Å². The average Bonchev–Trinajstić information content (AvgIpc) is 3.00. The molecule has 0 spiro atoms. The van der Waals surface area contributed by atoms with Gasteiger partial charge >= 0.3 is 0 Å². The Morgan fingerprint density at radius 1 is 1.14 bits per heavy atom. The molecule has 0 bridgehead atoms. The van der Waals surface area contributed by atoms with Crippen molar-refractivity contribution in [1.29, 1.82) is 0 Å². The van der Waals surface area contributed by atoms with E-state index < -0.39 is 0 Å². The molecule has 5 nitrogen and oxygen atoms in total. The standard InChI is InChI=1S/C16H26N2O3/c1-18(10-12-6-5-7-17-12)11-14-15(20-3)8-13(19-2)9-16(14)21-4/h8-9,12,17H,5-7,10-11H2,1-4H3. The van der Waals surface area contributed by atoms with Crippen LogP contribution in [-0.4, -0.2) is 52.4 Å². The van der Waals surface area contributed by atoms with E-state index in [9.17, 15) is 0 Å². The van der Waals surface area contributed by atoms with Crippen molar-refractivity contribution >= 4 is 0 Å². The topological polar surface area (TPSA) is 43.0 Å². The summed E-state index contributed by atoms with van der Waals surface area (Å²) >= 11 is 0. The van der Waals surface area contributed by atoms with Gasteiger partial charge in [0.25, 0.3) is 0 Å². The van der Waals surface area contributed by atoms with Crippen molar-refractivity contribution < 1.29 is 14.2 Å². The number of ether oxygens (including phenoxy) is 3. The molecule has 1 heterocycles. The largest absolute Gasteiger partial charge is 0.496 e. The number of likely N-dealkylation sites (N-methyl/N-ethyl adjacent to an activating group) is 1. The van der Waals surface area contributed by atoms with Crippen LogP contribution in [-0.2, 0) is 6.54 Å². The molecule has 0 aromatic heterocycles. The summed E-state index contributed by atoms with van der Waals surface area (Å²) in [5, 5.41) is 3.52. The van der Waals surface area contributed by atoms with Crippen LogP contribution < -0.4 is 19.5 Å². The molecule has 0 amide bonds. The maximum absolute atomic E-state index is 5.50. The first kappa shape index (κ1) is 15.9. The number of methoxy groups -OCH3 is 3. The van der Waals surface area contributed by atoms with E-state index in [1.54, 1.807) is 21.3 Å². The number of hydrogen-bond donors (Lipinski definition) is 1. The Morgan fingerprint density at radius 2 is 1.81 bits per heavy atom. The summed E-state index contributed by atoms with van der Waals surface area (Å²) in [5.74, 6) is 2.35. The van der Waals surface area contributed by atoms with Crippen LogP contribution in [0.5, 0.6) is 17.2 Å². The second-order valence-electron chi connectivity index (χ2n) is 5.50. The number of rotatable bonds is 7. The van der Waals surface area contributed by atoms with Crippen LogP contribution in [0.25, 0.3) is 0 Å². The summed E-state index contributed by atoms with van der Waals surface area (Å²) < 4.78 is 16.3. The summed E-state index contributed by atoms with van der Waals surface area (Å²) in [4.78, 5) is 2.30. The van der Waals surface area contributed by atoms with E-state index in [1.165, 1.54) is 12.8 Å². The highest BCUT2D eigenvalue weighted by Gasteiger charge is 2.19. The van der Waals surface area contributed by atoms with E-state index >= 15 is 0 Å². The lowest BCUT2D eigenvalue weighted by Crippen LogP contribution is -2.35. The third-order valence-electron chi connectivity index (χ3n) is 3.94. The lowest BCUT2D eigenvalue weighted by Gasteiger charge is -2.23. The fourth-order valence-electron chi connectivity index (χ4n) is 2.86. The summed E-state index contributed by atoms with van der Waals surface area (Å²) in [5.41, 5.74) is 1.06. The normalized spacial score (nSPS) is 18.0. The molecular weight excluding hydrogens is 268 g/mol. The van der Waals surface area contributed by atoms with Crippen LogP contribution in [0.4, 0.5) is 0 Å². The van der Waals surface area contributed by atoms with E-state index in [4.69, 9.17) is 14.2 Å². The zero-order chi connectivity index (χ0) is 15.2. The molecule has 1 aromatic carbocycles. The SMILES string of the molecule is COc1cc(OC)c(CN(C)CC2CCCN2)c(OC)c1. The van der Waals surface area contributed by atoms with Gasteiger partial charge in [-0.25, -0.2) is 0 Å². The van der Waals surface area contributed by atoms with Crippen LogP contribution in [0.2, 0.25) is 0 Å². The molecule has 1 N–H and O–H groups in total. The minimum absolute atomic E-state index is 0.588. The third-order valence-corrected chi connectivity index (χ3v) is 3.94. The van der Waals surface area contributed by atoms with Gasteiger partial charge in [0, 0.05) is 31.3 Å². The van der Waals surface area contributed by atoms with Crippen molar-refractivity contribution in [2.45, 2.75) is 25.4 Å². The molecule has 1 aliphatic heterocycles. The highest BCUT2D eigenvalue weighted by molar-refractivity contribution is 5.50. The van der Waals surface area contributed by atoms with Gasteiger partial charge in [-0.15, -0.1) is 0 Å². The zero-order valence-electron chi connectivity index (χ0n) is 13.4. The lowest BCUT2D eigenvalue weighted by atomic mass is 10.1. The minimum atomic E-state index is 0.588. The predicted octanol–water partition coefficient (Wildman–Crippen LogP) is 1.90. The van der Waals surface area contributed by atoms with E-state index in [0.717, 1.165) is 42.4 Å². The monoisotopic (exact) mass is 294 g/mol. The first-order valence-electron chi connectivity index (χ1n) is 7.38. The summed E-state index contributed by atoms with van der Waals surface area (Å²) in [6.45, 7) is 2.94. The fraction of sp³-hybridized carbons (Fsp3) is 0.625. The first-order valence-corrected chi connectivity index (χ1v) is 7.38. The van der Waals surface area contributed by atoms with Crippen molar-refractivity contribution in [3.05, 3.63) is 17.7 Å². The number of benzene rings is 1. The molecule has 2 rings (SSSR count). The zero-order valence-corrected chi connectivity index (χ0v) is 13.4. The molecule has 1 aromatic rings. The summed E-state index contributed by atoms with van der Waals surface area (Å²) in [7, 11) is 7.13. The number of nitrogens with one attached hydrogen (secondary N) is 1. The molecule has 0 aliphatic carbocycles. The van der Waals surface area contributed by atoms with Gasteiger partial charge in [0.2, 0.25) is 0 Å². The van der Waals surface area contributed by atoms with Crippen LogP contribution in [0.3, 0.4) is 0 Å². The molecule has 1 unspecified atom stereocenters. The van der Waals surface area contributed by atoms with Gasteiger partial charge in [-0.1, -0.05) is 0 Å². The van der Waals surface area contributed by atoms with Crippen LogP contribution >= 0.6 is 0 Å². The van der Waals surface area contributed by atoms with Gasteiger partial charge in [0.1, 0.15) is 17.2 Å². The average molecular weight is 294 g/mol. The second kappa shape index (κ2) is 7.52. The van der Waals surface area contributed by atoms with Gasteiger partial charge in [-0.05, 0) is 26.4 Å². The maximum atomic E-state index is 5.50. The molecule has 1 saturated heterocycles. The van der Waals surface area contributed by atoms with Crippen LogP contribution in [0.15, 0.2) is 12.1 Å². The first-order chi connectivity index (χ1) is 10.2. The number of hydrogen-bond acceptors (Lipinski definition) is 5. The van der Waals surface area contributed by atoms with E-state index in [1.807, 2.05) is 12.1 Å². The van der Waals surface area contributed by atoms with Crippen LogP contribution in [0.1, 0.15) is 18.4 Å². The van der Waals surface area contributed by atoms with E-state index in [-0.39, 0.29) is 0 Å². The summed E-state index contributed by atoms with van der Waals surface area (Å²) in [6.07, 6.45) is 2.52. The minimum Gasteiger partial charge on any atom is -0.496 e. The van der Waals surface area contributed by atoms with Gasteiger partial charge in [0.15, 0.2) is 0 Å². The maximum Gasteiger partial charge on any atom is 0.130 e. The molecule has 1 atom stereocenters. The Bertz CT molecular complexity index is 434. The predicted molar refractivity (Wildman–Crippen MR) is 83.5 cm³/mol. The van der Waals surface area contributed by atoms with E-state index in [2.05, 4.69) is 17.3 Å². The molecule has 5 heteroatoms. The van der Waals surface area contributed by atoms with Crippen molar-refractivity contribution in [3.63, 3.8) is 0 Å². The molecular formula is C16H26N2O3. The highest BCUT2D eigenvalue weighted by Crippen LogP contribution is 2.34. The van der Waals surface area contributed by atoms with Crippen molar-refractivity contribution in [2.24, 2.45) is 0 Å². The molecule has 0 radical (unpaired) electrons. The Morgan fingerprint density at radius 3 is 2.29 bits per heavy atom. The highest BCUT2D eigenvalue weighted by atomic mass is 16.5. The Hall–Kier alpha value is -1.46. The van der Waals surface area contributed by atoms with Gasteiger partial charge < -0.3 is 24.4 Å². The Kier molecular flexibility index (Phi) is 5.70. The number of nitrogens with zero attached hydrogens (tertiary/aromatic N) is 1. The molecule has 1 fully saturated rings. The Balaban J connectivity index is 2.12. The lowest BCUT2D eigenvalue weighted by molar-refractivity contribution is 0.280. The van der Waals surface area contributed by atoms with E-state index in [0.29, 0.717) is 6.04 Å². The Labute approximate surface area is 127 Å². The van der Waals surface area contributed by atoms with Gasteiger partial charge in [-0.2, -0.15) is 0 Å². The smallest absolute Gasteiger partial charge is 0.130 e. The summed E-state index contributed by atoms with van der Waals surface area (Å²) in [6, 6.07) is 4.39.